The highest BCUT2D eigenvalue weighted by molar-refractivity contribution is 6.31. The molecular formula is C12H7N2O5-. The van der Waals surface area contributed by atoms with Crippen molar-refractivity contribution in [2.75, 3.05) is 0 Å². The van der Waals surface area contributed by atoms with Crippen molar-refractivity contribution in [1.29, 1.82) is 0 Å². The van der Waals surface area contributed by atoms with Crippen LogP contribution in [0.3, 0.4) is 0 Å². The van der Waals surface area contributed by atoms with E-state index in [9.17, 15) is 24.3 Å². The quantitative estimate of drug-likeness (QED) is 0.511. The first-order valence-electron chi connectivity index (χ1n) is 5.17. The molecule has 0 unspecified atom stereocenters. The van der Waals surface area contributed by atoms with Gasteiger partial charge < -0.3 is 9.90 Å². The van der Waals surface area contributed by atoms with Gasteiger partial charge in [-0.05, 0) is 17.2 Å². The number of carbonyl (C=O) groups is 4. The number of carboxylic acid groups (broad SMARTS) is 1. The summed E-state index contributed by atoms with van der Waals surface area (Å²) < 4.78 is 0. The average molecular weight is 259 g/mol. The molecule has 7 heteroatoms. The third-order valence-electron chi connectivity index (χ3n) is 2.40. The number of hydrogen-bond donors (Lipinski definition) is 2. The lowest BCUT2D eigenvalue weighted by molar-refractivity contribution is -0.255. The molecule has 4 amide bonds. The van der Waals surface area contributed by atoms with Crippen LogP contribution in [0.5, 0.6) is 0 Å². The van der Waals surface area contributed by atoms with Crippen LogP contribution in [-0.4, -0.2) is 23.8 Å². The number of carboxylic acids is 1. The second-order valence-corrected chi connectivity index (χ2v) is 3.70. The van der Waals surface area contributed by atoms with Crippen LogP contribution in [0.2, 0.25) is 0 Å². The van der Waals surface area contributed by atoms with Crippen LogP contribution in [-0.2, 0) is 9.59 Å². The molecule has 96 valence electrons. The Hall–Kier alpha value is -2.96. The molecule has 19 heavy (non-hydrogen) atoms. The summed E-state index contributed by atoms with van der Waals surface area (Å²) in [6, 6.07) is 4.51. The van der Waals surface area contributed by atoms with E-state index in [1.54, 1.807) is 0 Å². The maximum absolute atomic E-state index is 11.4. The normalized spacial score (nSPS) is 14.7. The van der Waals surface area contributed by atoms with Gasteiger partial charge in [-0.25, -0.2) is 4.79 Å². The van der Waals surface area contributed by atoms with Crippen LogP contribution in [0.4, 0.5) is 4.79 Å². The zero-order valence-corrected chi connectivity index (χ0v) is 9.43. The molecule has 1 aromatic carbocycles. The predicted octanol–water partition coefficient (Wildman–Crippen LogP) is -1.20. The van der Waals surface area contributed by atoms with E-state index in [1.807, 2.05) is 10.6 Å². The first-order valence-corrected chi connectivity index (χ1v) is 5.17. The molecule has 0 spiro atoms. The number of aromatic carboxylic acids is 1. The SMILES string of the molecule is O=C1NC(=O)C(=Cc2ccc(C(=O)[O-])cc2)C(=O)N1. The van der Waals surface area contributed by atoms with E-state index in [0.717, 1.165) is 0 Å². The third-order valence-corrected chi connectivity index (χ3v) is 2.40. The Morgan fingerprint density at radius 3 is 2.00 bits per heavy atom. The van der Waals surface area contributed by atoms with E-state index < -0.39 is 23.8 Å². The van der Waals surface area contributed by atoms with E-state index in [1.165, 1.54) is 30.3 Å². The zero-order chi connectivity index (χ0) is 14.0. The first-order chi connectivity index (χ1) is 8.97. The summed E-state index contributed by atoms with van der Waals surface area (Å²) in [7, 11) is 0. The van der Waals surface area contributed by atoms with Crippen LogP contribution >= 0.6 is 0 Å². The van der Waals surface area contributed by atoms with Gasteiger partial charge in [-0.2, -0.15) is 0 Å². The van der Waals surface area contributed by atoms with Crippen molar-refractivity contribution >= 4 is 29.9 Å². The molecule has 0 saturated carbocycles. The van der Waals surface area contributed by atoms with Crippen molar-refractivity contribution in [1.82, 2.24) is 10.6 Å². The van der Waals surface area contributed by atoms with Crippen LogP contribution in [0.1, 0.15) is 15.9 Å². The minimum absolute atomic E-state index is 0.0186. The lowest BCUT2D eigenvalue weighted by atomic mass is 10.1. The topological polar surface area (TPSA) is 115 Å². The highest BCUT2D eigenvalue weighted by Gasteiger charge is 2.27. The number of amides is 4. The minimum atomic E-state index is -1.32. The van der Waals surface area contributed by atoms with Crippen molar-refractivity contribution in [3.05, 3.63) is 41.0 Å². The van der Waals surface area contributed by atoms with Crippen molar-refractivity contribution in [3.63, 3.8) is 0 Å². The predicted molar refractivity (Wildman–Crippen MR) is 60.4 cm³/mol. The Kier molecular flexibility index (Phi) is 3.11. The van der Waals surface area contributed by atoms with Crippen molar-refractivity contribution < 1.29 is 24.3 Å². The Morgan fingerprint density at radius 2 is 1.53 bits per heavy atom. The van der Waals surface area contributed by atoms with Crippen LogP contribution in [0, 0.1) is 0 Å². The number of urea groups is 1. The van der Waals surface area contributed by atoms with E-state index in [4.69, 9.17) is 0 Å². The number of rotatable bonds is 2. The zero-order valence-electron chi connectivity index (χ0n) is 9.43. The monoisotopic (exact) mass is 259 g/mol. The van der Waals surface area contributed by atoms with Gasteiger partial charge in [-0.1, -0.05) is 24.3 Å². The first kappa shape index (κ1) is 12.5. The van der Waals surface area contributed by atoms with Gasteiger partial charge in [0.2, 0.25) is 0 Å². The summed E-state index contributed by atoms with van der Waals surface area (Å²) in [5.41, 5.74) is 0.190. The molecule has 1 saturated heterocycles. The summed E-state index contributed by atoms with van der Waals surface area (Å²) in [6.45, 7) is 0. The summed E-state index contributed by atoms with van der Waals surface area (Å²) in [6.07, 6.45) is 1.25. The van der Waals surface area contributed by atoms with Crippen molar-refractivity contribution in [2.45, 2.75) is 0 Å². The molecule has 1 aliphatic heterocycles. The number of barbiturate groups is 1. The standard InChI is InChI=1S/C12H8N2O5/c15-9-8(10(16)14-12(19)13-9)5-6-1-3-7(4-2-6)11(17)18/h1-5H,(H,17,18)(H2,13,14,15,16,19)/p-1. The largest absolute Gasteiger partial charge is 0.545 e. The summed E-state index contributed by atoms with van der Waals surface area (Å²) in [5, 5.41) is 14.4. The number of benzene rings is 1. The fourth-order valence-electron chi connectivity index (χ4n) is 1.49. The van der Waals surface area contributed by atoms with Crippen LogP contribution in [0.25, 0.3) is 6.08 Å². The number of carbonyl (C=O) groups excluding carboxylic acids is 4. The fraction of sp³-hybridized carbons (Fsp3) is 0. The molecule has 0 aliphatic carbocycles. The summed E-state index contributed by atoms with van der Waals surface area (Å²) >= 11 is 0. The second-order valence-electron chi connectivity index (χ2n) is 3.70. The maximum Gasteiger partial charge on any atom is 0.328 e. The molecule has 0 bridgehead atoms. The molecule has 1 aliphatic rings. The van der Waals surface area contributed by atoms with Crippen LogP contribution < -0.4 is 15.7 Å². The van der Waals surface area contributed by atoms with Gasteiger partial charge in [0, 0.05) is 0 Å². The lowest BCUT2D eigenvalue weighted by Gasteiger charge is -2.13. The van der Waals surface area contributed by atoms with Gasteiger partial charge in [-0.3, -0.25) is 20.2 Å². The molecule has 0 atom stereocenters. The molecule has 0 radical (unpaired) electrons. The molecule has 0 aromatic heterocycles. The number of nitrogens with one attached hydrogen (secondary N) is 2. The Balaban J connectivity index is 2.30. The molecule has 2 N–H and O–H groups in total. The summed E-state index contributed by atoms with van der Waals surface area (Å²) in [4.78, 5) is 44.2. The van der Waals surface area contributed by atoms with E-state index >= 15 is 0 Å². The van der Waals surface area contributed by atoms with Gasteiger partial charge in [0.05, 0.1) is 5.97 Å². The smallest absolute Gasteiger partial charge is 0.328 e. The van der Waals surface area contributed by atoms with E-state index in [0.29, 0.717) is 5.56 Å². The highest BCUT2D eigenvalue weighted by atomic mass is 16.4. The number of imide groups is 2. The van der Waals surface area contributed by atoms with Gasteiger partial charge in [-0.15, -0.1) is 0 Å². The second kappa shape index (κ2) is 4.73. The Bertz CT molecular complexity index is 594. The Morgan fingerprint density at radius 1 is 1.00 bits per heavy atom. The molecular weight excluding hydrogens is 252 g/mol. The molecule has 1 fully saturated rings. The van der Waals surface area contributed by atoms with Gasteiger partial charge in [0.25, 0.3) is 11.8 Å². The van der Waals surface area contributed by atoms with Gasteiger partial charge in [0.15, 0.2) is 0 Å². The van der Waals surface area contributed by atoms with Gasteiger partial charge >= 0.3 is 6.03 Å². The third kappa shape index (κ3) is 2.65. The summed E-state index contributed by atoms with van der Waals surface area (Å²) in [5.74, 6) is -2.94. The highest BCUT2D eigenvalue weighted by Crippen LogP contribution is 2.11. The molecule has 7 nitrogen and oxygen atoms in total. The van der Waals surface area contributed by atoms with Gasteiger partial charge in [0.1, 0.15) is 5.57 Å². The Labute approximate surface area is 106 Å². The van der Waals surface area contributed by atoms with E-state index in [-0.39, 0.29) is 11.1 Å². The lowest BCUT2D eigenvalue weighted by Crippen LogP contribution is -2.51. The van der Waals surface area contributed by atoms with E-state index in [2.05, 4.69) is 0 Å². The van der Waals surface area contributed by atoms with Crippen molar-refractivity contribution in [3.8, 4) is 0 Å². The average Bonchev–Trinajstić information content (AvgIpc) is 2.34. The van der Waals surface area contributed by atoms with Crippen molar-refractivity contribution in [2.24, 2.45) is 0 Å². The molecule has 2 rings (SSSR count). The van der Waals surface area contributed by atoms with Crippen LogP contribution in [0.15, 0.2) is 29.8 Å². The molecule has 1 aromatic rings. The minimum Gasteiger partial charge on any atom is -0.545 e. The maximum atomic E-state index is 11.4. The molecule has 1 heterocycles. The number of hydrogen-bond acceptors (Lipinski definition) is 5. The fourth-order valence-corrected chi connectivity index (χ4v) is 1.49.